The molecular weight excluding hydrogens is 308 g/mol. The fourth-order valence-electron chi connectivity index (χ4n) is 3.50. The Hall–Kier alpha value is -1.47. The van der Waals surface area contributed by atoms with Gasteiger partial charge in [0.05, 0.1) is 0 Å². The second-order valence-electron chi connectivity index (χ2n) is 7.09. The van der Waals surface area contributed by atoms with Crippen LogP contribution in [0.4, 0.5) is 0 Å². The highest BCUT2D eigenvalue weighted by Gasteiger charge is 2.27. The Kier molecular flexibility index (Phi) is 5.50. The predicted octanol–water partition coefficient (Wildman–Crippen LogP) is 6.35. The first kappa shape index (κ1) is 17.4. The number of hydrogen-bond acceptors (Lipinski definition) is 1. The van der Waals surface area contributed by atoms with Gasteiger partial charge < -0.3 is 0 Å². The maximum Gasteiger partial charge on any atom is 0.0158 e. The molecule has 0 spiro atoms. The van der Waals surface area contributed by atoms with Gasteiger partial charge in [-0.15, -0.1) is 11.8 Å². The Morgan fingerprint density at radius 3 is 2.42 bits per heavy atom. The third kappa shape index (κ3) is 3.62. The minimum atomic E-state index is 0.725. The van der Waals surface area contributed by atoms with Gasteiger partial charge in [0.25, 0.3) is 0 Å². The topological polar surface area (TPSA) is 0 Å². The first-order chi connectivity index (χ1) is 11.6. The van der Waals surface area contributed by atoms with Gasteiger partial charge in [0.2, 0.25) is 0 Å². The Morgan fingerprint density at radius 2 is 1.79 bits per heavy atom. The van der Waals surface area contributed by atoms with E-state index in [9.17, 15) is 0 Å². The van der Waals surface area contributed by atoms with E-state index >= 15 is 0 Å². The molecule has 0 N–H and O–H groups in total. The van der Waals surface area contributed by atoms with E-state index in [0.717, 1.165) is 30.4 Å². The van der Waals surface area contributed by atoms with Crippen molar-refractivity contribution in [3.05, 3.63) is 70.8 Å². The summed E-state index contributed by atoms with van der Waals surface area (Å²) >= 11 is 2.07. The summed E-state index contributed by atoms with van der Waals surface area (Å²) in [6.45, 7) is 10.9. The molecule has 2 aromatic rings. The molecule has 1 heteroatoms. The van der Waals surface area contributed by atoms with Crippen molar-refractivity contribution in [3.8, 4) is 0 Å². The van der Waals surface area contributed by atoms with Crippen LogP contribution in [-0.4, -0.2) is 5.25 Å². The van der Waals surface area contributed by atoms with Crippen LogP contribution in [0.25, 0.3) is 6.08 Å². The summed E-state index contributed by atoms with van der Waals surface area (Å²) in [4.78, 5) is 1.50. The van der Waals surface area contributed by atoms with Crippen molar-refractivity contribution in [1.29, 1.82) is 0 Å². The second-order valence-corrected chi connectivity index (χ2v) is 8.37. The van der Waals surface area contributed by atoms with Crippen LogP contribution in [0.5, 0.6) is 0 Å². The molecule has 3 rings (SSSR count). The van der Waals surface area contributed by atoms with E-state index in [0.29, 0.717) is 0 Å². The Bertz CT molecular complexity index is 710. The van der Waals surface area contributed by atoms with Crippen LogP contribution in [0, 0.1) is 5.92 Å². The molecule has 0 aliphatic carbocycles. The third-order valence-corrected chi connectivity index (χ3v) is 6.82. The second kappa shape index (κ2) is 7.61. The van der Waals surface area contributed by atoms with E-state index in [1.807, 2.05) is 6.08 Å². The molecule has 1 heterocycles. The summed E-state index contributed by atoms with van der Waals surface area (Å²) in [5, 5.41) is 0.725. The molecule has 0 amide bonds. The fraction of sp³-hybridized carbons (Fsp3) is 0.391. The lowest BCUT2D eigenvalue weighted by Crippen LogP contribution is -2.10. The molecule has 1 unspecified atom stereocenters. The average Bonchev–Trinajstić information content (AvgIpc) is 3.04. The minimum absolute atomic E-state index is 0.725. The predicted molar refractivity (Wildman–Crippen MR) is 108 cm³/mol. The number of hydrogen-bond donors (Lipinski definition) is 0. The summed E-state index contributed by atoms with van der Waals surface area (Å²) in [6.07, 6.45) is 6.58. The molecular formula is C23H28S. The summed E-state index contributed by atoms with van der Waals surface area (Å²) in [5.41, 5.74) is 7.29. The largest absolute Gasteiger partial charge is 0.122 e. The first-order valence-corrected chi connectivity index (χ1v) is 10.0. The summed E-state index contributed by atoms with van der Waals surface area (Å²) < 4.78 is 0. The van der Waals surface area contributed by atoms with E-state index in [4.69, 9.17) is 0 Å². The van der Waals surface area contributed by atoms with Gasteiger partial charge >= 0.3 is 0 Å². The molecule has 2 aromatic carbocycles. The highest BCUT2D eigenvalue weighted by Crippen LogP contribution is 2.43. The number of rotatable bonds is 6. The van der Waals surface area contributed by atoms with E-state index in [1.165, 1.54) is 33.6 Å². The van der Waals surface area contributed by atoms with E-state index in [1.54, 1.807) is 5.56 Å². The van der Waals surface area contributed by atoms with Gasteiger partial charge in [-0.25, -0.2) is 0 Å². The van der Waals surface area contributed by atoms with Crippen LogP contribution in [0.3, 0.4) is 0 Å². The smallest absolute Gasteiger partial charge is 0.0158 e. The lowest BCUT2D eigenvalue weighted by molar-refractivity contribution is 0.609. The number of thioether (sulfide) groups is 1. The van der Waals surface area contributed by atoms with Gasteiger partial charge in [-0.2, -0.15) is 0 Å². The molecule has 1 atom stereocenters. The molecule has 0 saturated heterocycles. The molecule has 0 fully saturated rings. The maximum absolute atomic E-state index is 4.04. The first-order valence-electron chi connectivity index (χ1n) is 9.14. The maximum atomic E-state index is 4.04. The average molecular weight is 337 g/mol. The quantitative estimate of drug-likeness (QED) is 0.592. The van der Waals surface area contributed by atoms with Gasteiger partial charge in [0, 0.05) is 10.1 Å². The molecule has 126 valence electrons. The Morgan fingerprint density at radius 1 is 1.08 bits per heavy atom. The molecule has 0 nitrogen and oxygen atoms in total. The van der Waals surface area contributed by atoms with E-state index < -0.39 is 0 Å². The number of fused-ring (bicyclic) bond motifs is 1. The molecule has 1 aliphatic heterocycles. The molecule has 24 heavy (non-hydrogen) atoms. The van der Waals surface area contributed by atoms with Crippen LogP contribution in [-0.2, 0) is 25.7 Å². The monoisotopic (exact) mass is 336 g/mol. The van der Waals surface area contributed by atoms with Crippen molar-refractivity contribution in [2.24, 2.45) is 5.92 Å². The number of benzene rings is 2. The Labute approximate surface area is 151 Å². The lowest BCUT2D eigenvalue weighted by Gasteiger charge is -2.13. The Balaban J connectivity index is 1.82. The zero-order valence-corrected chi connectivity index (χ0v) is 16.0. The highest BCUT2D eigenvalue weighted by atomic mass is 32.2. The van der Waals surface area contributed by atoms with E-state index in [-0.39, 0.29) is 0 Å². The summed E-state index contributed by atoms with van der Waals surface area (Å²) in [5.74, 6) is 0.726. The summed E-state index contributed by atoms with van der Waals surface area (Å²) in [7, 11) is 0. The summed E-state index contributed by atoms with van der Waals surface area (Å²) in [6, 6.07) is 13.7. The van der Waals surface area contributed by atoms with Crippen molar-refractivity contribution in [3.63, 3.8) is 0 Å². The molecule has 0 aromatic heterocycles. The van der Waals surface area contributed by atoms with Crippen LogP contribution in [0.1, 0.15) is 48.6 Å². The van der Waals surface area contributed by atoms with Gasteiger partial charge in [-0.3, -0.25) is 0 Å². The third-order valence-electron chi connectivity index (χ3n) is 5.17. The van der Waals surface area contributed by atoms with Gasteiger partial charge in [-0.1, -0.05) is 63.8 Å². The normalized spacial score (nSPS) is 16.4. The van der Waals surface area contributed by atoms with Crippen molar-refractivity contribution in [1.82, 2.24) is 0 Å². The van der Waals surface area contributed by atoms with Crippen LogP contribution >= 0.6 is 11.8 Å². The van der Waals surface area contributed by atoms with Crippen LogP contribution < -0.4 is 0 Å². The van der Waals surface area contributed by atoms with Crippen molar-refractivity contribution in [2.45, 2.75) is 56.6 Å². The molecule has 0 bridgehead atoms. The molecule has 1 aliphatic rings. The van der Waals surface area contributed by atoms with E-state index in [2.05, 4.69) is 75.5 Å². The van der Waals surface area contributed by atoms with Crippen molar-refractivity contribution < 1.29 is 0 Å². The van der Waals surface area contributed by atoms with Crippen molar-refractivity contribution >= 4 is 17.8 Å². The molecule has 0 saturated carbocycles. The zero-order valence-electron chi connectivity index (χ0n) is 15.1. The van der Waals surface area contributed by atoms with Crippen molar-refractivity contribution in [2.75, 3.05) is 0 Å². The number of aryl methyl sites for hydroxylation is 2. The fourth-order valence-corrected chi connectivity index (χ4v) is 4.84. The minimum Gasteiger partial charge on any atom is -0.122 e. The van der Waals surface area contributed by atoms with Gasteiger partial charge in [0.15, 0.2) is 0 Å². The van der Waals surface area contributed by atoms with Crippen LogP contribution in [0.15, 0.2) is 47.9 Å². The van der Waals surface area contributed by atoms with Gasteiger partial charge in [-0.05, 0) is 65.5 Å². The van der Waals surface area contributed by atoms with Crippen LogP contribution in [0.2, 0.25) is 0 Å². The van der Waals surface area contributed by atoms with Gasteiger partial charge in [0.1, 0.15) is 0 Å². The standard InChI is InChI=1S/C23H28S/c1-5-17-7-9-18(10-8-17)11-13-20-19(6-2)12-14-22-21(20)15-23(24-22)16(3)4/h6-10,12,14,16,23H,2,5,11,13,15H2,1,3-4H3. The highest BCUT2D eigenvalue weighted by molar-refractivity contribution is 8.00. The SMILES string of the molecule is C=Cc1ccc2c(c1CCc1ccc(CC)cc1)CC(C(C)C)S2. The molecule has 0 radical (unpaired) electrons. The zero-order chi connectivity index (χ0) is 17.1. The lowest BCUT2D eigenvalue weighted by atomic mass is 9.91.